The molecule has 2 aliphatic rings. The Hall–Kier alpha value is -9.70. The molecule has 0 saturated heterocycles. The lowest BCUT2D eigenvalue weighted by atomic mass is 9.81. The first-order valence-corrected chi connectivity index (χ1v) is 26.1. The fraction of sp³-hybridized carbons (Fsp3) is 0.0857. The highest BCUT2D eigenvalue weighted by Gasteiger charge is 2.40. The maximum atomic E-state index is 11.7. The largest absolute Gasteiger partial charge is 0.308 e. The number of nitriles is 1. The molecule has 3 heterocycles. The molecular weight excluding hydrogens is 925 g/mol. The van der Waals surface area contributed by atoms with Crippen LogP contribution < -0.4 is 0 Å². The Morgan fingerprint density at radius 2 is 0.803 bits per heavy atom. The molecule has 15 rings (SSSR count). The van der Waals surface area contributed by atoms with Crippen molar-refractivity contribution in [1.29, 1.82) is 5.26 Å². The van der Waals surface area contributed by atoms with Crippen molar-refractivity contribution < 1.29 is 0 Å². The quantitative estimate of drug-likeness (QED) is 0.166. The van der Waals surface area contributed by atoms with Crippen LogP contribution in [0.15, 0.2) is 218 Å². The van der Waals surface area contributed by atoms with Crippen LogP contribution >= 0.6 is 0 Å². The van der Waals surface area contributed by atoms with Gasteiger partial charge in [-0.3, -0.25) is 0 Å². The van der Waals surface area contributed by atoms with Gasteiger partial charge >= 0.3 is 0 Å². The van der Waals surface area contributed by atoms with Crippen LogP contribution in [0.3, 0.4) is 0 Å². The lowest BCUT2D eigenvalue weighted by molar-refractivity contribution is 0.663. The number of rotatable bonds is 6. The third-order valence-corrected chi connectivity index (χ3v) is 16.6. The molecule has 358 valence electrons. The molecule has 0 saturated carbocycles. The van der Waals surface area contributed by atoms with E-state index in [1.807, 2.05) is 36.4 Å². The van der Waals surface area contributed by atoms with E-state index in [9.17, 15) is 5.26 Å². The Labute approximate surface area is 440 Å². The number of fused-ring (bicyclic) bond motifs is 14. The second-order valence-corrected chi connectivity index (χ2v) is 21.4. The van der Waals surface area contributed by atoms with E-state index >= 15 is 0 Å². The van der Waals surface area contributed by atoms with Crippen LogP contribution in [0.1, 0.15) is 55.5 Å². The third-order valence-electron chi connectivity index (χ3n) is 16.6. The first kappa shape index (κ1) is 43.8. The van der Waals surface area contributed by atoms with Gasteiger partial charge < -0.3 is 9.13 Å². The summed E-state index contributed by atoms with van der Waals surface area (Å²) in [5.74, 6) is 1.72. The van der Waals surface area contributed by atoms with Crippen LogP contribution in [0, 0.1) is 11.3 Å². The van der Waals surface area contributed by atoms with Gasteiger partial charge in [0, 0.05) is 54.6 Å². The maximum Gasteiger partial charge on any atom is 0.166 e. The number of hydrogen-bond donors (Lipinski definition) is 0. The van der Waals surface area contributed by atoms with Crippen molar-refractivity contribution in [3.8, 4) is 85.0 Å². The fourth-order valence-electron chi connectivity index (χ4n) is 13.2. The topological polar surface area (TPSA) is 72.3 Å². The van der Waals surface area contributed by atoms with E-state index in [0.29, 0.717) is 23.0 Å². The SMILES string of the molecule is CC1(C)c2ccccc2-c2ccc3c4ccccc4n(-c4cc(-c5cccc(-n6c7ccccc7c7ccc8c(c76)C(C)(C)c6ccccc6-8)c5C#N)ccc4-c4nc(-c5ccccc5)nc(-c5ccccc5)n4)c3c21. The molecule has 0 bridgehead atoms. The van der Waals surface area contributed by atoms with Crippen LogP contribution in [-0.4, -0.2) is 24.1 Å². The zero-order valence-corrected chi connectivity index (χ0v) is 42.5. The van der Waals surface area contributed by atoms with Crippen LogP contribution in [0.25, 0.3) is 123 Å². The van der Waals surface area contributed by atoms with Gasteiger partial charge in [0.2, 0.25) is 0 Å². The van der Waals surface area contributed by atoms with Crippen molar-refractivity contribution in [2.75, 3.05) is 0 Å². The minimum absolute atomic E-state index is 0.291. The van der Waals surface area contributed by atoms with Crippen molar-refractivity contribution >= 4 is 43.6 Å². The van der Waals surface area contributed by atoms with Crippen LogP contribution in [0.2, 0.25) is 0 Å². The molecule has 0 aliphatic heterocycles. The molecule has 6 nitrogen and oxygen atoms in total. The van der Waals surface area contributed by atoms with E-state index in [0.717, 1.165) is 72.0 Å². The lowest BCUT2D eigenvalue weighted by Crippen LogP contribution is -2.16. The Balaban J connectivity index is 1.04. The summed E-state index contributed by atoms with van der Waals surface area (Å²) in [5.41, 5.74) is 20.6. The second-order valence-electron chi connectivity index (χ2n) is 21.4. The number of nitrogens with zero attached hydrogens (tertiary/aromatic N) is 6. The number of benzene rings is 10. The van der Waals surface area contributed by atoms with Crippen molar-refractivity contribution in [3.05, 3.63) is 246 Å². The Morgan fingerprint density at radius 1 is 0.355 bits per heavy atom. The summed E-state index contributed by atoms with van der Waals surface area (Å²) in [7, 11) is 0. The summed E-state index contributed by atoms with van der Waals surface area (Å²) in [6.45, 7) is 9.39. The van der Waals surface area contributed by atoms with Gasteiger partial charge in [0.05, 0.1) is 39.0 Å². The zero-order valence-electron chi connectivity index (χ0n) is 42.5. The van der Waals surface area contributed by atoms with E-state index in [1.165, 1.54) is 55.3 Å². The highest BCUT2D eigenvalue weighted by molar-refractivity contribution is 6.15. The highest BCUT2D eigenvalue weighted by atomic mass is 15.1. The molecule has 2 aliphatic carbocycles. The second kappa shape index (κ2) is 16.1. The molecule has 10 aromatic carbocycles. The predicted octanol–water partition coefficient (Wildman–Crippen LogP) is 17.2. The molecule has 3 aromatic heterocycles. The molecule has 0 amide bonds. The summed E-state index contributed by atoms with van der Waals surface area (Å²) in [4.78, 5) is 15.9. The molecule has 76 heavy (non-hydrogen) atoms. The predicted molar refractivity (Wildman–Crippen MR) is 310 cm³/mol. The van der Waals surface area contributed by atoms with E-state index in [4.69, 9.17) is 15.0 Å². The molecule has 0 N–H and O–H groups in total. The minimum Gasteiger partial charge on any atom is -0.308 e. The zero-order chi connectivity index (χ0) is 51.0. The van der Waals surface area contributed by atoms with E-state index < -0.39 is 0 Å². The minimum atomic E-state index is -0.329. The molecule has 0 fully saturated rings. The van der Waals surface area contributed by atoms with Crippen LogP contribution in [0.4, 0.5) is 0 Å². The van der Waals surface area contributed by atoms with E-state index in [2.05, 4.69) is 225 Å². The Morgan fingerprint density at radius 3 is 1.34 bits per heavy atom. The van der Waals surface area contributed by atoms with E-state index in [-0.39, 0.29) is 10.8 Å². The molecule has 0 radical (unpaired) electrons. The molecule has 0 atom stereocenters. The fourth-order valence-corrected chi connectivity index (χ4v) is 13.2. The standard InChI is InChI=1S/C70H48N6/c1-69(2)56-29-15-11-24-46(56)50-36-38-52-48-26-13-17-31-58(48)75(64(52)62(50)69)60-33-19-28-45(55(60)41-71)44-34-35-54(68-73-66(42-20-7-5-8-21-42)72-67(74-68)43-22-9-6-10-23-43)61(40-44)76-59-32-18-14-27-49(59)53-39-37-51-47-25-12-16-30-57(47)70(3,4)63(51)65(53)76/h5-40H,1-4H3. The summed E-state index contributed by atoms with van der Waals surface area (Å²) >= 11 is 0. The van der Waals surface area contributed by atoms with Crippen molar-refractivity contribution in [2.45, 2.75) is 38.5 Å². The average molecular weight is 973 g/mol. The summed E-state index contributed by atoms with van der Waals surface area (Å²) in [6.07, 6.45) is 0. The van der Waals surface area contributed by atoms with Gasteiger partial charge in [-0.05, 0) is 80.4 Å². The van der Waals surface area contributed by atoms with Crippen LogP contribution in [-0.2, 0) is 10.8 Å². The van der Waals surface area contributed by atoms with Crippen molar-refractivity contribution in [3.63, 3.8) is 0 Å². The smallest absolute Gasteiger partial charge is 0.166 e. The lowest BCUT2D eigenvalue weighted by Gasteiger charge is -2.25. The van der Waals surface area contributed by atoms with Crippen molar-refractivity contribution in [1.82, 2.24) is 24.1 Å². The monoisotopic (exact) mass is 972 g/mol. The van der Waals surface area contributed by atoms with Crippen molar-refractivity contribution in [2.24, 2.45) is 0 Å². The van der Waals surface area contributed by atoms with Crippen LogP contribution in [0.5, 0.6) is 0 Å². The summed E-state index contributed by atoms with van der Waals surface area (Å²) in [5, 5.41) is 16.4. The Kier molecular flexibility index (Phi) is 9.32. The molecular formula is C70H48N6. The summed E-state index contributed by atoms with van der Waals surface area (Å²) < 4.78 is 4.82. The normalized spacial score (nSPS) is 13.7. The van der Waals surface area contributed by atoms with Gasteiger partial charge in [-0.2, -0.15) is 5.26 Å². The number of para-hydroxylation sites is 2. The van der Waals surface area contributed by atoms with Gasteiger partial charge in [0.1, 0.15) is 6.07 Å². The third kappa shape index (κ3) is 6.11. The van der Waals surface area contributed by atoms with Gasteiger partial charge in [0.25, 0.3) is 0 Å². The molecule has 6 heteroatoms. The molecule has 0 spiro atoms. The van der Waals surface area contributed by atoms with Gasteiger partial charge in [-0.1, -0.05) is 216 Å². The van der Waals surface area contributed by atoms with Gasteiger partial charge in [-0.25, -0.2) is 15.0 Å². The Bertz CT molecular complexity index is 4590. The molecule has 0 unspecified atom stereocenters. The summed E-state index contributed by atoms with van der Waals surface area (Å²) in [6, 6.07) is 80.2. The van der Waals surface area contributed by atoms with E-state index in [1.54, 1.807) is 0 Å². The highest BCUT2D eigenvalue weighted by Crippen LogP contribution is 2.55. The number of hydrogen-bond acceptors (Lipinski definition) is 4. The van der Waals surface area contributed by atoms with Gasteiger partial charge in [-0.15, -0.1) is 0 Å². The van der Waals surface area contributed by atoms with Gasteiger partial charge in [0.15, 0.2) is 17.5 Å². The maximum absolute atomic E-state index is 11.7. The molecule has 13 aromatic rings. The first-order valence-electron chi connectivity index (χ1n) is 26.1. The first-order chi connectivity index (χ1) is 37.2. The average Bonchev–Trinajstić information content (AvgIpc) is 4.22. The number of aromatic nitrogens is 5.